The standard InChI is InChI=1S/C13H15BrN2/c1-15-7-9-3-2-4-10-11(9)12(14)13(16-10)8-5-6-8/h2-4,8,15-16H,5-7H2,1H3. The summed E-state index contributed by atoms with van der Waals surface area (Å²) in [4.78, 5) is 3.55. The largest absolute Gasteiger partial charge is 0.357 e. The van der Waals surface area contributed by atoms with Gasteiger partial charge in [0.05, 0.1) is 0 Å². The summed E-state index contributed by atoms with van der Waals surface area (Å²) in [7, 11) is 1.99. The van der Waals surface area contributed by atoms with Crippen LogP contribution in [0, 0.1) is 0 Å². The molecule has 2 aromatic rings. The Morgan fingerprint density at radius 2 is 2.25 bits per heavy atom. The van der Waals surface area contributed by atoms with E-state index in [0.29, 0.717) is 0 Å². The summed E-state index contributed by atoms with van der Waals surface area (Å²) in [5, 5.41) is 4.57. The van der Waals surface area contributed by atoms with Crippen molar-refractivity contribution in [3.05, 3.63) is 33.9 Å². The Balaban J connectivity index is 2.20. The molecule has 0 aliphatic heterocycles. The Labute approximate surface area is 104 Å². The van der Waals surface area contributed by atoms with Gasteiger partial charge in [0.25, 0.3) is 0 Å². The number of fused-ring (bicyclic) bond motifs is 1. The molecule has 16 heavy (non-hydrogen) atoms. The number of hydrogen-bond acceptors (Lipinski definition) is 1. The van der Waals surface area contributed by atoms with Crippen LogP contribution >= 0.6 is 15.9 Å². The molecule has 1 saturated carbocycles. The van der Waals surface area contributed by atoms with Gasteiger partial charge in [0.15, 0.2) is 0 Å². The highest BCUT2D eigenvalue weighted by Gasteiger charge is 2.28. The minimum absolute atomic E-state index is 0.754. The molecule has 0 radical (unpaired) electrons. The first kappa shape index (κ1) is 10.4. The number of nitrogens with one attached hydrogen (secondary N) is 2. The van der Waals surface area contributed by atoms with Gasteiger partial charge in [0.2, 0.25) is 0 Å². The lowest BCUT2D eigenvalue weighted by atomic mass is 10.1. The average Bonchev–Trinajstić information content (AvgIpc) is 3.05. The van der Waals surface area contributed by atoms with Crippen molar-refractivity contribution in [2.75, 3.05) is 7.05 Å². The van der Waals surface area contributed by atoms with E-state index in [1.165, 1.54) is 39.5 Å². The summed E-state index contributed by atoms with van der Waals surface area (Å²) in [6.45, 7) is 0.915. The summed E-state index contributed by atoms with van der Waals surface area (Å²) >= 11 is 3.75. The SMILES string of the molecule is CNCc1cccc2[nH]c(C3CC3)c(Br)c12. The predicted molar refractivity (Wildman–Crippen MR) is 70.7 cm³/mol. The molecule has 1 fully saturated rings. The molecule has 3 heteroatoms. The second kappa shape index (κ2) is 3.90. The summed E-state index contributed by atoms with van der Waals surface area (Å²) in [6, 6.07) is 6.47. The minimum atomic E-state index is 0.754. The van der Waals surface area contributed by atoms with E-state index in [0.717, 1.165) is 12.5 Å². The number of aromatic nitrogens is 1. The highest BCUT2D eigenvalue weighted by atomic mass is 79.9. The first-order chi connectivity index (χ1) is 7.81. The van der Waals surface area contributed by atoms with Crippen LogP contribution in [-0.4, -0.2) is 12.0 Å². The third-order valence-corrected chi connectivity index (χ3v) is 4.05. The van der Waals surface area contributed by atoms with Gasteiger partial charge < -0.3 is 10.3 Å². The number of benzene rings is 1. The van der Waals surface area contributed by atoms with Crippen LogP contribution in [-0.2, 0) is 6.54 Å². The Hall–Kier alpha value is -0.800. The van der Waals surface area contributed by atoms with Crippen LogP contribution in [0.25, 0.3) is 10.9 Å². The first-order valence-corrected chi connectivity index (χ1v) is 6.54. The van der Waals surface area contributed by atoms with Gasteiger partial charge in [-0.2, -0.15) is 0 Å². The second-order valence-electron chi connectivity index (χ2n) is 4.50. The molecule has 1 aliphatic carbocycles. The average molecular weight is 279 g/mol. The Kier molecular flexibility index (Phi) is 2.52. The Bertz CT molecular complexity index is 526. The number of hydrogen-bond donors (Lipinski definition) is 2. The molecule has 1 aromatic carbocycles. The van der Waals surface area contributed by atoms with Gasteiger partial charge in [-0.25, -0.2) is 0 Å². The normalized spacial score (nSPS) is 15.9. The van der Waals surface area contributed by atoms with Crippen molar-refractivity contribution in [2.45, 2.75) is 25.3 Å². The topological polar surface area (TPSA) is 27.8 Å². The highest BCUT2D eigenvalue weighted by Crippen LogP contribution is 2.45. The zero-order valence-electron chi connectivity index (χ0n) is 9.31. The smallest absolute Gasteiger partial charge is 0.0471 e. The molecular formula is C13H15BrN2. The number of H-pyrrole nitrogens is 1. The number of rotatable bonds is 3. The lowest BCUT2D eigenvalue weighted by molar-refractivity contribution is 0.823. The van der Waals surface area contributed by atoms with Crippen molar-refractivity contribution in [3.63, 3.8) is 0 Å². The summed E-state index contributed by atoms with van der Waals surface area (Å²) in [5.74, 6) is 0.754. The van der Waals surface area contributed by atoms with E-state index in [2.05, 4.69) is 44.4 Å². The van der Waals surface area contributed by atoms with Crippen LogP contribution in [0.3, 0.4) is 0 Å². The van der Waals surface area contributed by atoms with Gasteiger partial charge in [0, 0.05) is 33.5 Å². The molecule has 84 valence electrons. The van der Waals surface area contributed by atoms with E-state index in [9.17, 15) is 0 Å². The third-order valence-electron chi connectivity index (χ3n) is 3.23. The lowest BCUT2D eigenvalue weighted by Crippen LogP contribution is -2.05. The van der Waals surface area contributed by atoms with Gasteiger partial charge >= 0.3 is 0 Å². The first-order valence-electron chi connectivity index (χ1n) is 5.75. The Morgan fingerprint density at radius 3 is 2.94 bits per heavy atom. The molecule has 1 aromatic heterocycles. The molecule has 0 bridgehead atoms. The molecule has 0 saturated heterocycles. The molecule has 0 unspecified atom stereocenters. The fourth-order valence-electron chi connectivity index (χ4n) is 2.29. The summed E-state index contributed by atoms with van der Waals surface area (Å²) in [5.41, 5.74) is 4.00. The minimum Gasteiger partial charge on any atom is -0.357 e. The monoisotopic (exact) mass is 278 g/mol. The molecule has 2 nitrogen and oxygen atoms in total. The fraction of sp³-hybridized carbons (Fsp3) is 0.385. The van der Waals surface area contributed by atoms with Crippen molar-refractivity contribution in [1.82, 2.24) is 10.3 Å². The van der Waals surface area contributed by atoms with Crippen molar-refractivity contribution in [1.29, 1.82) is 0 Å². The van der Waals surface area contributed by atoms with Crippen LogP contribution in [0.1, 0.15) is 30.0 Å². The van der Waals surface area contributed by atoms with Crippen molar-refractivity contribution in [3.8, 4) is 0 Å². The van der Waals surface area contributed by atoms with E-state index in [4.69, 9.17) is 0 Å². The van der Waals surface area contributed by atoms with E-state index >= 15 is 0 Å². The predicted octanol–water partition coefficient (Wildman–Crippen LogP) is 3.53. The molecule has 1 aliphatic rings. The maximum Gasteiger partial charge on any atom is 0.0471 e. The summed E-state index contributed by atoms with van der Waals surface area (Å²) in [6.07, 6.45) is 2.65. The molecule has 0 spiro atoms. The van der Waals surface area contributed by atoms with E-state index in [1.54, 1.807) is 0 Å². The molecule has 0 atom stereocenters. The van der Waals surface area contributed by atoms with E-state index in [1.807, 2.05) is 7.05 Å². The van der Waals surface area contributed by atoms with Crippen molar-refractivity contribution in [2.24, 2.45) is 0 Å². The van der Waals surface area contributed by atoms with Crippen LogP contribution in [0.4, 0.5) is 0 Å². The van der Waals surface area contributed by atoms with Crippen LogP contribution in [0.5, 0.6) is 0 Å². The maximum absolute atomic E-state index is 3.75. The van der Waals surface area contributed by atoms with Gasteiger partial charge in [-0.3, -0.25) is 0 Å². The maximum atomic E-state index is 3.75. The van der Waals surface area contributed by atoms with Crippen molar-refractivity contribution >= 4 is 26.8 Å². The van der Waals surface area contributed by atoms with Gasteiger partial charge in [-0.15, -0.1) is 0 Å². The van der Waals surface area contributed by atoms with Crippen LogP contribution < -0.4 is 5.32 Å². The van der Waals surface area contributed by atoms with E-state index in [-0.39, 0.29) is 0 Å². The molecule has 3 rings (SSSR count). The zero-order chi connectivity index (χ0) is 11.1. The van der Waals surface area contributed by atoms with E-state index < -0.39 is 0 Å². The lowest BCUT2D eigenvalue weighted by Gasteiger charge is -2.02. The Morgan fingerprint density at radius 1 is 1.44 bits per heavy atom. The fourth-order valence-corrected chi connectivity index (χ4v) is 3.18. The van der Waals surface area contributed by atoms with Gasteiger partial charge in [-0.05, 0) is 47.4 Å². The molecule has 0 amide bonds. The van der Waals surface area contributed by atoms with Crippen LogP contribution in [0.2, 0.25) is 0 Å². The summed E-state index contributed by atoms with van der Waals surface area (Å²) < 4.78 is 1.27. The second-order valence-corrected chi connectivity index (χ2v) is 5.29. The van der Waals surface area contributed by atoms with Crippen molar-refractivity contribution < 1.29 is 0 Å². The van der Waals surface area contributed by atoms with Gasteiger partial charge in [-0.1, -0.05) is 12.1 Å². The van der Waals surface area contributed by atoms with Gasteiger partial charge in [0.1, 0.15) is 0 Å². The molecule has 1 heterocycles. The zero-order valence-corrected chi connectivity index (χ0v) is 10.9. The third kappa shape index (κ3) is 1.59. The molecule has 2 N–H and O–H groups in total. The number of aromatic amines is 1. The highest BCUT2D eigenvalue weighted by molar-refractivity contribution is 9.10. The molecular weight excluding hydrogens is 264 g/mol. The van der Waals surface area contributed by atoms with Crippen LogP contribution in [0.15, 0.2) is 22.7 Å². The number of halogens is 1. The quantitative estimate of drug-likeness (QED) is 0.883.